The number of carbonyl (C=O) groups excluding carboxylic acids is 1. The normalized spacial score (nSPS) is 24.9. The minimum Gasteiger partial charge on any atom is -0.445 e. The number of allylic oxidation sites excluding steroid dienone is 1. The SMILES string of the molecule is C[N+]12C=CN=CC1=C(C1CN(C(=O)OCc3ccccc3)C1)N=C2Br. The summed E-state index contributed by atoms with van der Waals surface area (Å²) in [6.45, 7) is 1.53. The van der Waals surface area contributed by atoms with Crippen LogP contribution in [0.1, 0.15) is 5.56 Å². The first kappa shape index (κ1) is 16.2. The minimum atomic E-state index is -0.277. The summed E-state index contributed by atoms with van der Waals surface area (Å²) in [6, 6.07) is 9.69. The summed E-state index contributed by atoms with van der Waals surface area (Å²) in [5.74, 6) is 0.213. The second-order valence-corrected chi connectivity index (χ2v) is 7.15. The predicted octanol–water partition coefficient (Wildman–Crippen LogP) is 3.23. The first-order chi connectivity index (χ1) is 12.1. The van der Waals surface area contributed by atoms with Gasteiger partial charge in [-0.2, -0.15) is 4.99 Å². The maximum absolute atomic E-state index is 12.2. The molecular weight excluding hydrogens is 384 g/mol. The van der Waals surface area contributed by atoms with Crippen molar-refractivity contribution in [3.8, 4) is 0 Å². The third-order valence-corrected chi connectivity index (χ3v) is 5.65. The zero-order chi connectivity index (χ0) is 17.4. The molecule has 3 aliphatic rings. The molecule has 1 amide bonds. The van der Waals surface area contributed by atoms with Gasteiger partial charge in [-0.15, -0.1) is 0 Å². The van der Waals surface area contributed by atoms with Gasteiger partial charge in [-0.25, -0.2) is 9.28 Å². The Balaban J connectivity index is 1.38. The third kappa shape index (κ3) is 2.83. The predicted molar refractivity (Wildman–Crippen MR) is 98.9 cm³/mol. The van der Waals surface area contributed by atoms with Crippen LogP contribution in [-0.4, -0.2) is 46.6 Å². The van der Waals surface area contributed by atoms with Crippen LogP contribution in [0.25, 0.3) is 0 Å². The summed E-state index contributed by atoms with van der Waals surface area (Å²) < 4.78 is 6.71. The molecule has 0 radical (unpaired) electrons. The Labute approximate surface area is 154 Å². The molecule has 7 heteroatoms. The Bertz CT molecular complexity index is 825. The number of hydrogen-bond acceptors (Lipinski definition) is 4. The number of ether oxygens (including phenoxy) is 1. The lowest BCUT2D eigenvalue weighted by Gasteiger charge is -2.38. The highest BCUT2D eigenvalue weighted by atomic mass is 79.9. The van der Waals surface area contributed by atoms with E-state index >= 15 is 0 Å². The molecule has 3 aliphatic heterocycles. The van der Waals surface area contributed by atoms with E-state index < -0.39 is 0 Å². The van der Waals surface area contributed by atoms with Gasteiger partial charge in [0.15, 0.2) is 5.70 Å². The van der Waals surface area contributed by atoms with Gasteiger partial charge in [0.1, 0.15) is 18.5 Å². The van der Waals surface area contributed by atoms with E-state index in [1.54, 1.807) is 11.1 Å². The topological polar surface area (TPSA) is 54.3 Å². The summed E-state index contributed by atoms with van der Waals surface area (Å²) in [7, 11) is 2.06. The highest BCUT2D eigenvalue weighted by Crippen LogP contribution is 2.38. The molecule has 1 fully saturated rings. The van der Waals surface area contributed by atoms with Crippen molar-refractivity contribution in [3.63, 3.8) is 0 Å². The highest BCUT2D eigenvalue weighted by molar-refractivity contribution is 9.18. The number of likely N-dealkylation sites (tertiary alicyclic amines) is 1. The number of amides is 1. The first-order valence-electron chi connectivity index (χ1n) is 8.10. The van der Waals surface area contributed by atoms with Gasteiger partial charge in [-0.3, -0.25) is 4.99 Å². The molecular formula is C18H18BrN4O2+. The molecule has 0 aromatic heterocycles. The molecule has 25 heavy (non-hydrogen) atoms. The van der Waals surface area contributed by atoms with Crippen molar-refractivity contribution in [1.29, 1.82) is 0 Å². The number of halogens is 1. The lowest BCUT2D eigenvalue weighted by atomic mass is 9.95. The smallest absolute Gasteiger partial charge is 0.410 e. The van der Waals surface area contributed by atoms with Crippen molar-refractivity contribution in [2.24, 2.45) is 15.9 Å². The van der Waals surface area contributed by atoms with Crippen LogP contribution < -0.4 is 0 Å². The summed E-state index contributed by atoms with van der Waals surface area (Å²) in [4.78, 5) is 22.8. The maximum Gasteiger partial charge on any atom is 0.410 e. The van der Waals surface area contributed by atoms with E-state index in [9.17, 15) is 4.79 Å². The number of amidine groups is 1. The third-order valence-electron chi connectivity index (χ3n) is 4.74. The fourth-order valence-electron chi connectivity index (χ4n) is 3.12. The van der Waals surface area contributed by atoms with Crippen LogP contribution in [0.4, 0.5) is 4.79 Å². The Morgan fingerprint density at radius 1 is 1.36 bits per heavy atom. The molecule has 128 valence electrons. The van der Waals surface area contributed by atoms with Crippen molar-refractivity contribution in [2.75, 3.05) is 20.1 Å². The molecule has 1 aromatic rings. The van der Waals surface area contributed by atoms with E-state index in [2.05, 4.69) is 33.0 Å². The molecule has 0 bridgehead atoms. The minimum absolute atomic E-state index is 0.213. The Morgan fingerprint density at radius 3 is 2.88 bits per heavy atom. The summed E-state index contributed by atoms with van der Waals surface area (Å²) in [5, 5.41) is 0. The Hall–Kier alpha value is -2.25. The lowest BCUT2D eigenvalue weighted by Crippen LogP contribution is -2.51. The van der Waals surface area contributed by atoms with Gasteiger partial charge in [-0.1, -0.05) is 30.3 Å². The first-order valence-corrected chi connectivity index (χ1v) is 8.89. The molecule has 0 spiro atoms. The van der Waals surface area contributed by atoms with E-state index in [1.807, 2.05) is 42.7 Å². The van der Waals surface area contributed by atoms with Crippen LogP contribution in [0.5, 0.6) is 0 Å². The van der Waals surface area contributed by atoms with Crippen LogP contribution in [0.3, 0.4) is 0 Å². The van der Waals surface area contributed by atoms with E-state index in [1.165, 1.54) is 0 Å². The summed E-state index contributed by atoms with van der Waals surface area (Å²) in [6.07, 6.45) is 5.34. The van der Waals surface area contributed by atoms with Gasteiger partial charge in [0.05, 0.1) is 19.5 Å². The number of rotatable bonds is 3. The number of benzene rings is 1. The van der Waals surface area contributed by atoms with Crippen LogP contribution in [0, 0.1) is 5.92 Å². The van der Waals surface area contributed by atoms with E-state index in [0.717, 1.165) is 21.7 Å². The standard InChI is InChI=1S/C18H18BrN4O2/c1-23-8-7-20-9-15(23)16(21-17(23)19)14-10-22(11-14)18(24)25-12-13-5-3-2-4-6-13/h2-9,14H,10-12H2,1H3/q+1. The number of quaternary nitrogens is 1. The number of carbonyl (C=O) groups is 1. The van der Waals surface area contributed by atoms with Crippen LogP contribution >= 0.6 is 15.9 Å². The van der Waals surface area contributed by atoms with Gasteiger partial charge in [0.2, 0.25) is 0 Å². The second-order valence-electron chi connectivity index (χ2n) is 6.45. The van der Waals surface area contributed by atoms with E-state index in [-0.39, 0.29) is 12.0 Å². The average molecular weight is 402 g/mol. The largest absolute Gasteiger partial charge is 0.445 e. The van der Waals surface area contributed by atoms with Crippen LogP contribution in [0.2, 0.25) is 0 Å². The van der Waals surface area contributed by atoms with Crippen molar-refractivity contribution < 1.29 is 14.0 Å². The molecule has 0 aliphatic carbocycles. The molecule has 1 saturated heterocycles. The molecule has 0 saturated carbocycles. The van der Waals surface area contributed by atoms with Gasteiger partial charge < -0.3 is 9.64 Å². The van der Waals surface area contributed by atoms with Crippen LogP contribution in [-0.2, 0) is 11.3 Å². The number of nitrogens with zero attached hydrogens (tertiary/aromatic N) is 4. The Kier molecular flexibility index (Phi) is 4.05. The summed E-state index contributed by atoms with van der Waals surface area (Å²) >= 11 is 3.56. The quantitative estimate of drug-likeness (QED) is 0.576. The van der Waals surface area contributed by atoms with Gasteiger partial charge >= 0.3 is 6.09 Å². The van der Waals surface area contributed by atoms with Crippen molar-refractivity contribution in [3.05, 3.63) is 59.7 Å². The zero-order valence-corrected chi connectivity index (χ0v) is 15.4. The Morgan fingerprint density at radius 2 is 2.12 bits per heavy atom. The number of fused-ring (bicyclic) bond motifs is 1. The molecule has 4 rings (SSSR count). The monoisotopic (exact) mass is 401 g/mol. The summed E-state index contributed by atoms with van der Waals surface area (Å²) in [5.41, 5.74) is 3.03. The zero-order valence-electron chi connectivity index (χ0n) is 13.8. The van der Waals surface area contributed by atoms with Gasteiger partial charge in [0.25, 0.3) is 4.74 Å². The molecule has 3 heterocycles. The average Bonchev–Trinajstić information content (AvgIpc) is 2.84. The highest BCUT2D eigenvalue weighted by Gasteiger charge is 2.46. The molecule has 6 nitrogen and oxygen atoms in total. The fourth-order valence-corrected chi connectivity index (χ4v) is 3.62. The van der Waals surface area contributed by atoms with Crippen molar-refractivity contribution in [2.45, 2.75) is 6.61 Å². The fraction of sp³-hybridized carbons (Fsp3) is 0.278. The lowest BCUT2D eigenvalue weighted by molar-refractivity contribution is -0.709. The van der Waals surface area contributed by atoms with Crippen molar-refractivity contribution >= 4 is 33.0 Å². The number of aliphatic imine (C=N–C) groups is 2. The maximum atomic E-state index is 12.2. The van der Waals surface area contributed by atoms with E-state index in [4.69, 9.17) is 4.74 Å². The molecule has 1 aromatic carbocycles. The van der Waals surface area contributed by atoms with Gasteiger partial charge in [-0.05, 0) is 5.56 Å². The molecule has 0 N–H and O–H groups in total. The van der Waals surface area contributed by atoms with Crippen molar-refractivity contribution in [1.82, 2.24) is 4.90 Å². The number of hydrogen-bond donors (Lipinski definition) is 0. The van der Waals surface area contributed by atoms with Gasteiger partial charge in [0, 0.05) is 34.9 Å². The van der Waals surface area contributed by atoms with E-state index in [0.29, 0.717) is 24.2 Å². The molecule has 1 unspecified atom stereocenters. The second kappa shape index (κ2) is 6.24. The molecule has 1 atom stereocenters. The van der Waals surface area contributed by atoms with Crippen LogP contribution in [0.15, 0.2) is 64.1 Å².